The first-order chi connectivity index (χ1) is 16.0. The number of amides is 2. The third kappa shape index (κ3) is 6.69. The Morgan fingerprint density at radius 1 is 0.818 bits per heavy atom. The third-order valence-electron chi connectivity index (χ3n) is 6.51. The number of nitrogens with one attached hydrogen (secondary N) is 2. The van der Waals surface area contributed by atoms with Crippen LogP contribution in [0.1, 0.15) is 93.6 Å². The molecule has 186 valence electrons. The number of rotatable bonds is 14. The van der Waals surface area contributed by atoms with Crippen molar-refractivity contribution in [2.24, 2.45) is 0 Å². The molecule has 1 aromatic rings. The summed E-state index contributed by atoms with van der Waals surface area (Å²) in [7, 11) is 0. The first-order valence-electron chi connectivity index (χ1n) is 12.2. The van der Waals surface area contributed by atoms with Gasteiger partial charge in [0.05, 0.1) is 6.61 Å². The highest BCUT2D eigenvalue weighted by Crippen LogP contribution is 2.59. The van der Waals surface area contributed by atoms with Crippen LogP contribution in [-0.4, -0.2) is 58.5 Å². The van der Waals surface area contributed by atoms with E-state index in [0.29, 0.717) is 19.7 Å². The van der Waals surface area contributed by atoms with E-state index >= 15 is 0 Å². The molecule has 2 bridgehead atoms. The average Bonchev–Trinajstić information content (AvgIpc) is 3.48. The standard InChI is InChI=1S/C23H37N3O7/c27-13-7-3-1-5-11-24-22(30)32-14-8-4-2-6-12-25-23(31)33-26-20(28)18-16-9-10-17(15-16)19(18)21(26)29/h16-17,27-29H,1-15H2,(H,24,30)(H,25,31). The van der Waals surface area contributed by atoms with Gasteiger partial charge in [-0.2, -0.15) is 0 Å². The molecule has 1 fully saturated rings. The number of carbonyl (C=O) groups excluding carboxylic acids is 2. The van der Waals surface area contributed by atoms with E-state index in [1.807, 2.05) is 0 Å². The lowest BCUT2D eigenvalue weighted by Gasteiger charge is -2.10. The van der Waals surface area contributed by atoms with Crippen LogP contribution < -0.4 is 15.5 Å². The van der Waals surface area contributed by atoms with E-state index in [2.05, 4.69) is 10.6 Å². The van der Waals surface area contributed by atoms with E-state index in [0.717, 1.165) is 86.5 Å². The highest BCUT2D eigenvalue weighted by atomic mass is 16.7. The molecule has 10 nitrogen and oxygen atoms in total. The minimum absolute atomic E-state index is 0.171. The lowest BCUT2D eigenvalue weighted by atomic mass is 9.95. The van der Waals surface area contributed by atoms with Gasteiger partial charge in [0.15, 0.2) is 0 Å². The van der Waals surface area contributed by atoms with Crippen LogP contribution in [0.3, 0.4) is 0 Å². The van der Waals surface area contributed by atoms with Crippen molar-refractivity contribution in [3.05, 3.63) is 11.1 Å². The van der Waals surface area contributed by atoms with E-state index in [4.69, 9.17) is 14.7 Å². The summed E-state index contributed by atoms with van der Waals surface area (Å²) in [6, 6.07) is 0. The zero-order valence-corrected chi connectivity index (χ0v) is 19.2. The van der Waals surface area contributed by atoms with Crippen molar-refractivity contribution < 1.29 is 34.5 Å². The summed E-state index contributed by atoms with van der Waals surface area (Å²) in [5, 5.41) is 34.8. The van der Waals surface area contributed by atoms with Crippen LogP contribution in [0.25, 0.3) is 0 Å². The molecule has 5 N–H and O–H groups in total. The number of ether oxygens (including phenoxy) is 1. The minimum atomic E-state index is -0.724. The van der Waals surface area contributed by atoms with Gasteiger partial charge >= 0.3 is 12.2 Å². The number of hydrogen-bond donors (Lipinski definition) is 5. The fourth-order valence-electron chi connectivity index (χ4n) is 4.84. The maximum Gasteiger partial charge on any atom is 0.432 e. The Morgan fingerprint density at radius 2 is 1.36 bits per heavy atom. The van der Waals surface area contributed by atoms with Crippen LogP contribution in [0.2, 0.25) is 0 Å². The summed E-state index contributed by atoms with van der Waals surface area (Å²) in [6.07, 6.45) is 8.59. The van der Waals surface area contributed by atoms with Gasteiger partial charge in [-0.05, 0) is 63.2 Å². The smallest absolute Gasteiger partial charge is 0.432 e. The van der Waals surface area contributed by atoms with E-state index in [9.17, 15) is 19.8 Å². The second-order valence-corrected chi connectivity index (χ2v) is 8.90. The Labute approximate surface area is 194 Å². The van der Waals surface area contributed by atoms with Crippen LogP contribution in [0, 0.1) is 0 Å². The van der Waals surface area contributed by atoms with Crippen molar-refractivity contribution in [2.75, 3.05) is 26.3 Å². The maximum absolute atomic E-state index is 12.0. The fraction of sp³-hybridized carbons (Fsp3) is 0.739. The topological polar surface area (TPSA) is 142 Å². The zero-order chi connectivity index (χ0) is 23.6. The summed E-state index contributed by atoms with van der Waals surface area (Å²) in [6.45, 7) is 1.55. The second-order valence-electron chi connectivity index (χ2n) is 8.90. The number of carbonyl (C=O) groups is 2. The number of aliphatic hydroxyl groups is 1. The van der Waals surface area contributed by atoms with Crippen LogP contribution in [-0.2, 0) is 4.74 Å². The van der Waals surface area contributed by atoms with Gasteiger partial charge in [-0.1, -0.05) is 19.3 Å². The summed E-state index contributed by atoms with van der Waals surface area (Å²) in [5.74, 6) is 0.133. The summed E-state index contributed by atoms with van der Waals surface area (Å²) < 4.78 is 5.95. The number of hydrogen-bond acceptors (Lipinski definition) is 7. The molecule has 0 aliphatic heterocycles. The molecule has 0 spiro atoms. The molecular formula is C23H37N3O7. The van der Waals surface area contributed by atoms with Crippen molar-refractivity contribution in [1.82, 2.24) is 15.4 Å². The van der Waals surface area contributed by atoms with Crippen molar-refractivity contribution in [2.45, 2.75) is 82.5 Å². The molecule has 2 aliphatic rings. The summed E-state index contributed by atoms with van der Waals surface area (Å²) in [4.78, 5) is 28.7. The van der Waals surface area contributed by atoms with Crippen molar-refractivity contribution in [1.29, 1.82) is 0 Å². The van der Waals surface area contributed by atoms with Crippen molar-refractivity contribution in [3.8, 4) is 11.8 Å². The van der Waals surface area contributed by atoms with Crippen LogP contribution >= 0.6 is 0 Å². The Morgan fingerprint density at radius 3 is 1.97 bits per heavy atom. The molecule has 0 saturated heterocycles. The van der Waals surface area contributed by atoms with Crippen LogP contribution in [0.5, 0.6) is 11.8 Å². The van der Waals surface area contributed by atoms with E-state index in [1.54, 1.807) is 0 Å². The first kappa shape index (κ1) is 25.0. The van der Waals surface area contributed by atoms with Gasteiger partial charge in [0, 0.05) is 30.8 Å². The molecular weight excluding hydrogens is 430 g/mol. The van der Waals surface area contributed by atoms with Gasteiger partial charge in [-0.25, -0.2) is 9.59 Å². The van der Waals surface area contributed by atoms with Crippen molar-refractivity contribution in [3.63, 3.8) is 0 Å². The lowest BCUT2D eigenvalue weighted by Crippen LogP contribution is -2.32. The molecule has 2 atom stereocenters. The van der Waals surface area contributed by atoms with Crippen LogP contribution in [0.4, 0.5) is 9.59 Å². The molecule has 3 rings (SSSR count). The third-order valence-corrected chi connectivity index (χ3v) is 6.51. The zero-order valence-electron chi connectivity index (χ0n) is 19.2. The molecule has 0 aromatic carbocycles. The number of alkyl carbamates (subject to hydrolysis) is 1. The Hall–Kier alpha value is -2.62. The molecule has 2 aliphatic carbocycles. The highest BCUT2D eigenvalue weighted by molar-refractivity contribution is 5.68. The number of aromatic nitrogens is 1. The summed E-state index contributed by atoms with van der Waals surface area (Å²) in [5.41, 5.74) is 1.45. The SMILES string of the molecule is O=C(NCCCCCCO)OCCCCCCNC(=O)On1c(O)c2c(c1O)C1CCC2C1. The number of aromatic hydroxyl groups is 2. The van der Waals surface area contributed by atoms with Gasteiger partial charge in [0.2, 0.25) is 11.8 Å². The Bertz CT molecular complexity index is 762. The predicted octanol–water partition coefficient (Wildman–Crippen LogP) is 3.24. The average molecular weight is 468 g/mol. The van der Waals surface area contributed by atoms with Gasteiger partial charge in [0.1, 0.15) is 0 Å². The quantitative estimate of drug-likeness (QED) is 0.264. The maximum atomic E-state index is 12.0. The minimum Gasteiger partial charge on any atom is -0.492 e. The molecule has 2 amide bonds. The largest absolute Gasteiger partial charge is 0.492 e. The normalized spacial score (nSPS) is 18.2. The fourth-order valence-corrected chi connectivity index (χ4v) is 4.84. The molecule has 33 heavy (non-hydrogen) atoms. The molecule has 10 heteroatoms. The molecule has 1 heterocycles. The molecule has 1 aromatic heterocycles. The number of aliphatic hydroxyl groups excluding tert-OH is 1. The number of nitrogens with zero attached hydrogens (tertiary/aromatic N) is 1. The van der Waals surface area contributed by atoms with Gasteiger partial charge < -0.3 is 35.5 Å². The number of fused-ring (bicyclic) bond motifs is 5. The number of unbranched alkanes of at least 4 members (excludes halogenated alkanes) is 6. The van der Waals surface area contributed by atoms with E-state index in [-0.39, 0.29) is 30.2 Å². The molecule has 2 unspecified atom stereocenters. The van der Waals surface area contributed by atoms with Gasteiger partial charge in [0.25, 0.3) is 0 Å². The molecule has 1 saturated carbocycles. The lowest BCUT2D eigenvalue weighted by molar-refractivity contribution is 0.107. The van der Waals surface area contributed by atoms with E-state index in [1.165, 1.54) is 0 Å². The predicted molar refractivity (Wildman–Crippen MR) is 120 cm³/mol. The van der Waals surface area contributed by atoms with Crippen molar-refractivity contribution >= 4 is 12.2 Å². The highest BCUT2D eigenvalue weighted by Gasteiger charge is 2.44. The summed E-state index contributed by atoms with van der Waals surface area (Å²) >= 11 is 0. The first-order valence-corrected chi connectivity index (χ1v) is 12.2. The molecule has 0 radical (unpaired) electrons. The van der Waals surface area contributed by atoms with Gasteiger partial charge in [-0.15, -0.1) is 4.73 Å². The van der Waals surface area contributed by atoms with Gasteiger partial charge in [-0.3, -0.25) is 0 Å². The van der Waals surface area contributed by atoms with E-state index < -0.39 is 12.2 Å². The van der Waals surface area contributed by atoms with Crippen LogP contribution in [0.15, 0.2) is 0 Å². The monoisotopic (exact) mass is 467 g/mol. The second kappa shape index (κ2) is 12.6. The Kier molecular flexibility index (Phi) is 9.53. The Balaban J connectivity index is 1.20.